The van der Waals surface area contributed by atoms with Gasteiger partial charge in [0.05, 0.1) is 19.3 Å². The molecule has 1 rings (SSSR count). The molecule has 19 heavy (non-hydrogen) atoms. The summed E-state index contributed by atoms with van der Waals surface area (Å²) >= 11 is 0. The molecule has 0 aliphatic carbocycles. The molecule has 1 saturated heterocycles. The molecule has 0 bridgehead atoms. The summed E-state index contributed by atoms with van der Waals surface area (Å²) in [5, 5.41) is 3.44. The van der Waals surface area contributed by atoms with Crippen LogP contribution in [0.1, 0.15) is 33.1 Å². The lowest BCUT2D eigenvalue weighted by molar-refractivity contribution is -0.0105. The zero-order valence-corrected chi connectivity index (χ0v) is 13.0. The molecule has 0 saturated carbocycles. The summed E-state index contributed by atoms with van der Waals surface area (Å²) in [4.78, 5) is 2.51. The van der Waals surface area contributed by atoms with Crippen molar-refractivity contribution in [1.29, 1.82) is 0 Å². The van der Waals surface area contributed by atoms with Crippen molar-refractivity contribution in [3.8, 4) is 0 Å². The van der Waals surface area contributed by atoms with Crippen molar-refractivity contribution in [2.75, 3.05) is 53.0 Å². The van der Waals surface area contributed by atoms with Gasteiger partial charge in [-0.05, 0) is 38.4 Å². The topological polar surface area (TPSA) is 33.7 Å². The molecule has 1 N–H and O–H groups in total. The number of nitrogens with zero attached hydrogens (tertiary/aromatic N) is 1. The quantitative estimate of drug-likeness (QED) is 0.657. The van der Waals surface area contributed by atoms with Gasteiger partial charge >= 0.3 is 0 Å². The predicted molar refractivity (Wildman–Crippen MR) is 79.6 cm³/mol. The largest absolute Gasteiger partial charge is 0.382 e. The number of hydrogen-bond donors (Lipinski definition) is 1. The van der Waals surface area contributed by atoms with Crippen LogP contribution in [0.25, 0.3) is 0 Å². The van der Waals surface area contributed by atoms with Crippen molar-refractivity contribution >= 4 is 0 Å². The van der Waals surface area contributed by atoms with E-state index in [-0.39, 0.29) is 6.10 Å². The molecule has 1 heterocycles. The summed E-state index contributed by atoms with van der Waals surface area (Å²) in [7, 11) is 1.74. The van der Waals surface area contributed by atoms with E-state index in [1.165, 1.54) is 32.4 Å². The number of ether oxygens (including phenoxy) is 2. The van der Waals surface area contributed by atoms with Crippen LogP contribution in [0.2, 0.25) is 0 Å². The zero-order chi connectivity index (χ0) is 13.9. The van der Waals surface area contributed by atoms with Gasteiger partial charge in [-0.1, -0.05) is 20.3 Å². The smallest absolute Gasteiger partial charge is 0.0932 e. The van der Waals surface area contributed by atoms with E-state index >= 15 is 0 Å². The van der Waals surface area contributed by atoms with Gasteiger partial charge in [0.25, 0.3) is 0 Å². The number of nitrogens with one attached hydrogen (secondary N) is 1. The van der Waals surface area contributed by atoms with E-state index in [0.717, 1.165) is 26.2 Å². The summed E-state index contributed by atoms with van der Waals surface area (Å²) < 4.78 is 11.2. The average Bonchev–Trinajstić information content (AvgIpc) is 2.39. The molecule has 4 heteroatoms. The van der Waals surface area contributed by atoms with Crippen LogP contribution in [-0.4, -0.2) is 64.1 Å². The second-order valence-electron chi connectivity index (χ2n) is 5.90. The fraction of sp³-hybridized carbons (Fsp3) is 1.00. The summed E-state index contributed by atoms with van der Waals surface area (Å²) in [6.07, 6.45) is 4.26. The lowest BCUT2D eigenvalue weighted by Crippen LogP contribution is -2.38. The van der Waals surface area contributed by atoms with Crippen LogP contribution in [-0.2, 0) is 9.47 Å². The Morgan fingerprint density at radius 2 is 1.84 bits per heavy atom. The summed E-state index contributed by atoms with van der Waals surface area (Å²) in [6.45, 7) is 11.4. The Morgan fingerprint density at radius 3 is 2.47 bits per heavy atom. The number of piperidine rings is 1. The minimum Gasteiger partial charge on any atom is -0.382 e. The first kappa shape index (κ1) is 16.9. The lowest BCUT2D eigenvalue weighted by Gasteiger charge is -2.27. The van der Waals surface area contributed by atoms with Crippen molar-refractivity contribution in [3.05, 3.63) is 0 Å². The maximum absolute atomic E-state index is 5.94. The second kappa shape index (κ2) is 10.6. The third-order valence-corrected chi connectivity index (χ3v) is 3.49. The molecule has 1 unspecified atom stereocenters. The maximum atomic E-state index is 5.94. The van der Waals surface area contributed by atoms with E-state index in [9.17, 15) is 0 Å². The van der Waals surface area contributed by atoms with Gasteiger partial charge in [-0.15, -0.1) is 0 Å². The first-order valence-electron chi connectivity index (χ1n) is 7.76. The Bertz CT molecular complexity index is 206. The fourth-order valence-corrected chi connectivity index (χ4v) is 2.42. The number of methoxy groups -OCH3 is 1. The van der Waals surface area contributed by atoms with Crippen molar-refractivity contribution in [1.82, 2.24) is 10.2 Å². The van der Waals surface area contributed by atoms with Gasteiger partial charge in [-0.2, -0.15) is 0 Å². The van der Waals surface area contributed by atoms with Gasteiger partial charge in [-0.3, -0.25) is 0 Å². The Balaban J connectivity index is 2.09. The van der Waals surface area contributed by atoms with Crippen LogP contribution in [0.5, 0.6) is 0 Å². The molecule has 1 atom stereocenters. The molecule has 0 radical (unpaired) electrons. The SMILES string of the molecule is COCC(CNCC(C)C)OCCN1CCCCC1. The van der Waals surface area contributed by atoms with Gasteiger partial charge in [0.15, 0.2) is 0 Å². The van der Waals surface area contributed by atoms with E-state index in [0.29, 0.717) is 12.5 Å². The predicted octanol–water partition coefficient (Wildman–Crippen LogP) is 1.75. The Hall–Kier alpha value is -0.160. The second-order valence-corrected chi connectivity index (χ2v) is 5.90. The lowest BCUT2D eigenvalue weighted by atomic mass is 10.1. The average molecular weight is 272 g/mol. The Morgan fingerprint density at radius 1 is 1.11 bits per heavy atom. The number of likely N-dealkylation sites (tertiary alicyclic amines) is 1. The first-order chi connectivity index (χ1) is 9.22. The molecule has 0 spiro atoms. The minimum atomic E-state index is 0.175. The highest BCUT2D eigenvalue weighted by molar-refractivity contribution is 4.66. The monoisotopic (exact) mass is 272 g/mol. The number of hydrogen-bond acceptors (Lipinski definition) is 4. The van der Waals surface area contributed by atoms with E-state index in [1.54, 1.807) is 7.11 Å². The van der Waals surface area contributed by atoms with E-state index in [2.05, 4.69) is 24.1 Å². The maximum Gasteiger partial charge on any atom is 0.0932 e. The molecule has 0 amide bonds. The summed E-state index contributed by atoms with van der Waals surface area (Å²) in [5.74, 6) is 0.677. The molecule has 0 aromatic carbocycles. The van der Waals surface area contributed by atoms with Crippen LogP contribution < -0.4 is 5.32 Å². The van der Waals surface area contributed by atoms with Crippen LogP contribution in [0, 0.1) is 5.92 Å². The third kappa shape index (κ3) is 8.58. The molecule has 114 valence electrons. The standard InChI is InChI=1S/C15H32N2O2/c1-14(2)11-16-12-15(13-18-3)19-10-9-17-7-5-4-6-8-17/h14-16H,4-13H2,1-3H3. The molecule has 0 aromatic heterocycles. The van der Waals surface area contributed by atoms with Crippen LogP contribution in [0.15, 0.2) is 0 Å². The summed E-state index contributed by atoms with van der Waals surface area (Å²) in [5.41, 5.74) is 0. The summed E-state index contributed by atoms with van der Waals surface area (Å²) in [6, 6.07) is 0. The molecular weight excluding hydrogens is 240 g/mol. The van der Waals surface area contributed by atoms with Crippen LogP contribution in [0.3, 0.4) is 0 Å². The minimum absolute atomic E-state index is 0.175. The molecule has 1 aliphatic heterocycles. The van der Waals surface area contributed by atoms with E-state index in [1.807, 2.05) is 0 Å². The number of rotatable bonds is 10. The zero-order valence-electron chi connectivity index (χ0n) is 13.0. The van der Waals surface area contributed by atoms with E-state index in [4.69, 9.17) is 9.47 Å². The Kier molecular flexibility index (Phi) is 9.43. The highest BCUT2D eigenvalue weighted by atomic mass is 16.5. The fourth-order valence-electron chi connectivity index (χ4n) is 2.42. The molecule has 1 fully saturated rings. The van der Waals surface area contributed by atoms with Crippen LogP contribution in [0.4, 0.5) is 0 Å². The first-order valence-corrected chi connectivity index (χ1v) is 7.76. The van der Waals surface area contributed by atoms with Crippen molar-refractivity contribution in [2.45, 2.75) is 39.2 Å². The van der Waals surface area contributed by atoms with Gasteiger partial charge in [0, 0.05) is 20.2 Å². The van der Waals surface area contributed by atoms with Crippen LogP contribution >= 0.6 is 0 Å². The van der Waals surface area contributed by atoms with E-state index < -0.39 is 0 Å². The molecule has 1 aliphatic rings. The highest BCUT2D eigenvalue weighted by Gasteiger charge is 2.12. The van der Waals surface area contributed by atoms with Crippen molar-refractivity contribution in [3.63, 3.8) is 0 Å². The molecule has 4 nitrogen and oxygen atoms in total. The third-order valence-electron chi connectivity index (χ3n) is 3.49. The van der Waals surface area contributed by atoms with Gasteiger partial charge in [0.1, 0.15) is 0 Å². The van der Waals surface area contributed by atoms with Gasteiger partial charge in [-0.25, -0.2) is 0 Å². The molecule has 0 aromatic rings. The highest BCUT2D eigenvalue weighted by Crippen LogP contribution is 2.08. The van der Waals surface area contributed by atoms with Gasteiger partial charge in [0.2, 0.25) is 0 Å². The van der Waals surface area contributed by atoms with Crippen molar-refractivity contribution < 1.29 is 9.47 Å². The molecular formula is C15H32N2O2. The van der Waals surface area contributed by atoms with Crippen molar-refractivity contribution in [2.24, 2.45) is 5.92 Å². The normalized spacial score (nSPS) is 18.9. The van der Waals surface area contributed by atoms with Gasteiger partial charge < -0.3 is 19.7 Å². The Labute approximate surface area is 118 Å².